The van der Waals surface area contributed by atoms with Crippen LogP contribution in [0.25, 0.3) is 0 Å². The molecule has 0 heterocycles. The van der Waals surface area contributed by atoms with Crippen molar-refractivity contribution < 1.29 is 50.9 Å². The van der Waals surface area contributed by atoms with Gasteiger partial charge in [0.15, 0.2) is 10.3 Å². The van der Waals surface area contributed by atoms with Crippen LogP contribution in [0.15, 0.2) is 18.2 Å². The molecule has 0 amide bonds. The molecule has 0 bridgehead atoms. The minimum absolute atomic E-state index is 0. The molecule has 0 unspecified atom stereocenters. The number of nitrogens with zero attached hydrogens (tertiary/aromatic N) is 1. The summed E-state index contributed by atoms with van der Waals surface area (Å²) in [6.45, 7) is 4.98. The number of benzene rings is 1. The zero-order valence-corrected chi connectivity index (χ0v) is 17.3. The first-order valence-corrected chi connectivity index (χ1v) is 9.85. The maximum absolute atomic E-state index is 11.0. The van der Waals surface area contributed by atoms with E-state index in [9.17, 15) is 21.4 Å². The van der Waals surface area contributed by atoms with Gasteiger partial charge in [0.2, 0.25) is 10.0 Å². The molecule has 0 spiro atoms. The monoisotopic (exact) mass is 373 g/mol. The summed E-state index contributed by atoms with van der Waals surface area (Å²) in [5.41, 5.74) is 1.64. The molecule has 0 aliphatic carbocycles. The van der Waals surface area contributed by atoms with E-state index in [4.69, 9.17) is 0 Å². The number of hydrogen-bond acceptors (Lipinski definition) is 6. The summed E-state index contributed by atoms with van der Waals surface area (Å²) in [5.74, 6) is 0. The quantitative estimate of drug-likeness (QED) is 0.377. The standard InChI is InChI=1S/C12H21N3O5S2.Na/c1-4-15(8-7-13-21(3,16)17)11-5-6-12(10(2)9-11)14-22(18,19)20;/h5-6,9,13-14H,4,7-8H2,1-3H3,(H,18,19,20);/q;+1/p-1. The van der Waals surface area contributed by atoms with Gasteiger partial charge in [0, 0.05) is 25.3 Å². The first kappa shape index (κ1) is 22.6. The number of sulfonamides is 1. The fraction of sp³-hybridized carbons (Fsp3) is 0.500. The van der Waals surface area contributed by atoms with E-state index < -0.39 is 20.3 Å². The van der Waals surface area contributed by atoms with E-state index >= 15 is 0 Å². The van der Waals surface area contributed by atoms with Gasteiger partial charge in [-0.05, 0) is 37.6 Å². The van der Waals surface area contributed by atoms with Gasteiger partial charge in [-0.2, -0.15) is 0 Å². The van der Waals surface area contributed by atoms with Gasteiger partial charge in [-0.3, -0.25) is 4.72 Å². The average molecular weight is 373 g/mol. The normalized spacial score (nSPS) is 11.7. The second kappa shape index (κ2) is 9.21. The molecule has 0 aliphatic rings. The van der Waals surface area contributed by atoms with Gasteiger partial charge >= 0.3 is 29.6 Å². The zero-order chi connectivity index (χ0) is 17.0. The number of rotatable bonds is 8. The van der Waals surface area contributed by atoms with Crippen LogP contribution in [0, 0.1) is 6.92 Å². The van der Waals surface area contributed by atoms with Crippen LogP contribution in [0.5, 0.6) is 0 Å². The van der Waals surface area contributed by atoms with Gasteiger partial charge in [0.1, 0.15) is 0 Å². The fourth-order valence-corrected chi connectivity index (χ4v) is 2.89. The Morgan fingerprint density at radius 2 is 1.83 bits per heavy atom. The first-order chi connectivity index (χ1) is 10.0. The van der Waals surface area contributed by atoms with Crippen molar-refractivity contribution in [2.45, 2.75) is 13.8 Å². The molecule has 126 valence electrons. The van der Waals surface area contributed by atoms with Gasteiger partial charge in [0.05, 0.1) is 11.9 Å². The van der Waals surface area contributed by atoms with Crippen molar-refractivity contribution in [1.29, 1.82) is 0 Å². The number of aryl methyl sites for hydroxylation is 1. The van der Waals surface area contributed by atoms with Crippen LogP contribution in [0.2, 0.25) is 0 Å². The molecule has 2 N–H and O–H groups in total. The van der Waals surface area contributed by atoms with E-state index in [1.807, 2.05) is 16.5 Å². The minimum Gasteiger partial charge on any atom is -0.731 e. The van der Waals surface area contributed by atoms with Crippen molar-refractivity contribution in [2.75, 3.05) is 35.5 Å². The van der Waals surface area contributed by atoms with Crippen LogP contribution in [0.1, 0.15) is 12.5 Å². The molecule has 0 aliphatic heterocycles. The molecule has 1 aromatic carbocycles. The third kappa shape index (κ3) is 8.89. The van der Waals surface area contributed by atoms with Crippen molar-refractivity contribution in [3.63, 3.8) is 0 Å². The van der Waals surface area contributed by atoms with Crippen molar-refractivity contribution in [1.82, 2.24) is 4.72 Å². The molecule has 0 radical (unpaired) electrons. The summed E-state index contributed by atoms with van der Waals surface area (Å²) in [6.07, 6.45) is 1.09. The van der Waals surface area contributed by atoms with Crippen LogP contribution in [0.4, 0.5) is 11.4 Å². The van der Waals surface area contributed by atoms with Crippen LogP contribution >= 0.6 is 0 Å². The van der Waals surface area contributed by atoms with Gasteiger partial charge in [-0.1, -0.05) is 0 Å². The van der Waals surface area contributed by atoms with Crippen LogP contribution in [0.3, 0.4) is 0 Å². The molecule has 23 heavy (non-hydrogen) atoms. The first-order valence-electron chi connectivity index (χ1n) is 6.55. The number of anilines is 2. The van der Waals surface area contributed by atoms with Gasteiger partial charge in [-0.15, -0.1) is 0 Å². The number of hydrogen-bond donors (Lipinski definition) is 2. The van der Waals surface area contributed by atoms with E-state index in [-0.39, 0.29) is 41.8 Å². The molecule has 1 aromatic rings. The van der Waals surface area contributed by atoms with Crippen molar-refractivity contribution in [3.05, 3.63) is 23.8 Å². The van der Waals surface area contributed by atoms with Crippen molar-refractivity contribution in [3.8, 4) is 0 Å². The largest absolute Gasteiger partial charge is 1.00 e. The van der Waals surface area contributed by atoms with Crippen LogP contribution in [-0.2, 0) is 20.3 Å². The zero-order valence-electron chi connectivity index (χ0n) is 13.7. The van der Waals surface area contributed by atoms with E-state index in [0.717, 1.165) is 11.9 Å². The second-order valence-electron chi connectivity index (χ2n) is 4.80. The van der Waals surface area contributed by atoms with E-state index in [1.54, 1.807) is 19.1 Å². The Bertz CT molecular complexity index is 722. The molecule has 8 nitrogen and oxygen atoms in total. The topological polar surface area (TPSA) is 119 Å². The fourth-order valence-electron chi connectivity index (χ4n) is 1.93. The SMILES string of the molecule is CCN(CCNS(C)(=O)=O)c1ccc(NS(=O)(=O)[O-])c(C)c1.[Na+]. The third-order valence-corrected chi connectivity index (χ3v) is 4.14. The number of likely N-dealkylation sites (N-methyl/N-ethyl adjacent to an activating group) is 1. The Kier molecular flexibility index (Phi) is 9.06. The maximum atomic E-state index is 11.0. The van der Waals surface area contributed by atoms with Crippen molar-refractivity contribution in [2.24, 2.45) is 0 Å². The van der Waals surface area contributed by atoms with Gasteiger partial charge < -0.3 is 9.45 Å². The van der Waals surface area contributed by atoms with Gasteiger partial charge in [0.25, 0.3) is 0 Å². The molecular weight excluding hydrogens is 353 g/mol. The molecular formula is C12H20N3NaO5S2. The van der Waals surface area contributed by atoms with Gasteiger partial charge in [-0.25, -0.2) is 21.6 Å². The Balaban J connectivity index is 0.00000484. The summed E-state index contributed by atoms with van der Waals surface area (Å²) in [7, 11) is -7.79. The summed E-state index contributed by atoms with van der Waals surface area (Å²) < 4.78 is 58.6. The molecule has 0 saturated heterocycles. The molecule has 0 saturated carbocycles. The molecule has 0 atom stereocenters. The van der Waals surface area contributed by atoms with E-state index in [0.29, 0.717) is 18.7 Å². The Morgan fingerprint density at radius 3 is 2.26 bits per heavy atom. The Morgan fingerprint density at radius 1 is 1.22 bits per heavy atom. The maximum Gasteiger partial charge on any atom is 1.00 e. The molecule has 1 rings (SSSR count). The second-order valence-corrected chi connectivity index (χ2v) is 7.75. The average Bonchev–Trinajstić information content (AvgIpc) is 2.34. The summed E-state index contributed by atoms with van der Waals surface area (Å²) >= 11 is 0. The number of nitrogens with one attached hydrogen (secondary N) is 2. The minimum atomic E-state index is -4.56. The molecule has 11 heteroatoms. The van der Waals surface area contributed by atoms with E-state index in [2.05, 4.69) is 4.72 Å². The Labute approximate surface area is 159 Å². The summed E-state index contributed by atoms with van der Waals surface area (Å²) in [6, 6.07) is 4.91. The van der Waals surface area contributed by atoms with Crippen molar-refractivity contribution >= 4 is 31.7 Å². The summed E-state index contributed by atoms with van der Waals surface area (Å²) in [5, 5.41) is 0. The smallest absolute Gasteiger partial charge is 0.731 e. The third-order valence-electron chi connectivity index (χ3n) is 2.94. The molecule has 0 aromatic heterocycles. The predicted octanol–water partition coefficient (Wildman–Crippen LogP) is -2.75. The predicted molar refractivity (Wildman–Crippen MR) is 85.2 cm³/mol. The van der Waals surface area contributed by atoms with Crippen LogP contribution in [-0.4, -0.2) is 47.3 Å². The van der Waals surface area contributed by atoms with Crippen LogP contribution < -0.4 is 43.9 Å². The Hall–Kier alpha value is -0.360. The van der Waals surface area contributed by atoms with E-state index in [1.165, 1.54) is 6.07 Å². The summed E-state index contributed by atoms with van der Waals surface area (Å²) in [4.78, 5) is 1.93. The molecule has 0 fully saturated rings.